The van der Waals surface area contributed by atoms with Crippen LogP contribution in [0.3, 0.4) is 0 Å². The molecule has 108 valence electrons. The molecule has 2 fully saturated rings. The van der Waals surface area contributed by atoms with Crippen LogP contribution in [0.15, 0.2) is 18.2 Å². The minimum absolute atomic E-state index is 0.00393. The molecule has 2 heterocycles. The van der Waals surface area contributed by atoms with Gasteiger partial charge in [0, 0.05) is 31.4 Å². The Bertz CT molecular complexity index is 521. The number of hydrogen-bond donors (Lipinski definition) is 0. The number of fused-ring (bicyclic) bond motifs is 1. The second kappa shape index (κ2) is 5.40. The highest BCUT2D eigenvalue weighted by atomic mass is 19.1. The Balaban J connectivity index is 1.77. The van der Waals surface area contributed by atoms with Crippen LogP contribution in [0.1, 0.15) is 23.2 Å². The van der Waals surface area contributed by atoms with Gasteiger partial charge in [0.05, 0.1) is 12.7 Å². The average Bonchev–Trinajstić information content (AvgIpc) is 2.93. The maximum absolute atomic E-state index is 14.0. The highest BCUT2D eigenvalue weighted by Gasteiger charge is 2.30. The Morgan fingerprint density at radius 3 is 2.95 bits per heavy atom. The number of benzene rings is 1. The minimum atomic E-state index is -0.630. The Kier molecular flexibility index (Phi) is 3.61. The summed E-state index contributed by atoms with van der Waals surface area (Å²) in [5.41, 5.74) is 0.845. The first-order chi connectivity index (χ1) is 9.69. The van der Waals surface area contributed by atoms with Crippen LogP contribution in [0.2, 0.25) is 0 Å². The maximum atomic E-state index is 14.0. The van der Waals surface area contributed by atoms with E-state index < -0.39 is 11.8 Å². The molecule has 2 aliphatic rings. The van der Waals surface area contributed by atoms with Gasteiger partial charge < -0.3 is 9.64 Å². The number of anilines is 1. The first kappa shape index (κ1) is 13.4. The van der Waals surface area contributed by atoms with Gasteiger partial charge in [-0.05, 0) is 37.6 Å². The molecule has 0 N–H and O–H groups in total. The zero-order valence-electron chi connectivity index (χ0n) is 11.6. The second-order valence-electron chi connectivity index (χ2n) is 5.43. The third-order valence-electron chi connectivity index (χ3n) is 4.31. The number of carbonyl (C=O) groups is 1. The van der Waals surface area contributed by atoms with Crippen molar-refractivity contribution < 1.29 is 13.9 Å². The van der Waals surface area contributed by atoms with Crippen LogP contribution in [0, 0.1) is 5.82 Å². The lowest BCUT2D eigenvalue weighted by molar-refractivity contribution is 0.0595. The maximum Gasteiger partial charge on any atom is 0.340 e. The molecule has 2 saturated heterocycles. The van der Waals surface area contributed by atoms with Crippen molar-refractivity contribution in [3.8, 4) is 0 Å². The van der Waals surface area contributed by atoms with Gasteiger partial charge in [0.25, 0.3) is 0 Å². The number of hydrogen-bond acceptors (Lipinski definition) is 4. The quantitative estimate of drug-likeness (QED) is 0.774. The number of halogens is 1. The molecular weight excluding hydrogens is 259 g/mol. The largest absolute Gasteiger partial charge is 0.465 e. The van der Waals surface area contributed by atoms with Gasteiger partial charge in [0.2, 0.25) is 0 Å². The molecule has 0 spiro atoms. The highest BCUT2D eigenvalue weighted by Crippen LogP contribution is 2.26. The fourth-order valence-corrected chi connectivity index (χ4v) is 3.20. The summed E-state index contributed by atoms with van der Waals surface area (Å²) in [6, 6.07) is 5.35. The molecule has 3 rings (SSSR count). The molecule has 0 bridgehead atoms. The summed E-state index contributed by atoms with van der Waals surface area (Å²) in [6.07, 6.45) is 2.48. The molecule has 4 nitrogen and oxygen atoms in total. The molecule has 0 aliphatic carbocycles. The number of nitrogens with zero attached hydrogens (tertiary/aromatic N) is 2. The topological polar surface area (TPSA) is 32.8 Å². The van der Waals surface area contributed by atoms with Gasteiger partial charge in [0.15, 0.2) is 0 Å². The van der Waals surface area contributed by atoms with Crippen LogP contribution in [0.5, 0.6) is 0 Å². The van der Waals surface area contributed by atoms with E-state index in [1.165, 1.54) is 38.6 Å². The smallest absolute Gasteiger partial charge is 0.340 e. The predicted molar refractivity (Wildman–Crippen MR) is 74.5 cm³/mol. The van der Waals surface area contributed by atoms with Crippen LogP contribution < -0.4 is 4.90 Å². The summed E-state index contributed by atoms with van der Waals surface area (Å²) in [5, 5.41) is 0. The fourth-order valence-electron chi connectivity index (χ4n) is 3.20. The van der Waals surface area contributed by atoms with E-state index >= 15 is 0 Å². The summed E-state index contributed by atoms with van der Waals surface area (Å²) in [5.74, 6) is -1.14. The molecule has 1 atom stereocenters. The third-order valence-corrected chi connectivity index (χ3v) is 4.31. The van der Waals surface area contributed by atoms with Gasteiger partial charge in [-0.3, -0.25) is 4.90 Å². The molecular formula is C15H19FN2O2. The Morgan fingerprint density at radius 2 is 2.20 bits per heavy atom. The second-order valence-corrected chi connectivity index (χ2v) is 5.43. The van der Waals surface area contributed by atoms with Gasteiger partial charge in [0.1, 0.15) is 5.82 Å². The monoisotopic (exact) mass is 278 g/mol. The lowest BCUT2D eigenvalue weighted by atomic mass is 10.1. The van der Waals surface area contributed by atoms with E-state index in [2.05, 4.69) is 14.5 Å². The van der Waals surface area contributed by atoms with Gasteiger partial charge in [-0.15, -0.1) is 0 Å². The standard InChI is InChI=1S/C15H19FN2O2/c1-20-15(19)13-5-4-11(9-14(13)16)18-8-7-17-6-2-3-12(17)10-18/h4-5,9,12H,2-3,6-8,10H2,1H3/t12-/m1/s1. The molecule has 5 heteroatoms. The SMILES string of the molecule is COC(=O)c1ccc(N2CCN3CCC[C@@H]3C2)cc1F. The van der Waals surface area contributed by atoms with E-state index in [9.17, 15) is 9.18 Å². The van der Waals surface area contributed by atoms with Gasteiger partial charge in [-0.2, -0.15) is 0 Å². The lowest BCUT2D eigenvalue weighted by Crippen LogP contribution is -2.50. The van der Waals surface area contributed by atoms with Crippen LogP contribution >= 0.6 is 0 Å². The third kappa shape index (κ3) is 2.38. The van der Waals surface area contributed by atoms with E-state index in [4.69, 9.17) is 0 Å². The summed E-state index contributed by atoms with van der Waals surface area (Å²) in [4.78, 5) is 16.1. The zero-order chi connectivity index (χ0) is 14.1. The molecule has 0 radical (unpaired) electrons. The number of piperazine rings is 1. The molecule has 20 heavy (non-hydrogen) atoms. The number of esters is 1. The van der Waals surface area contributed by atoms with Crippen LogP contribution in [0.4, 0.5) is 10.1 Å². The van der Waals surface area contributed by atoms with Crippen LogP contribution in [-0.4, -0.2) is 50.2 Å². The van der Waals surface area contributed by atoms with Crippen LogP contribution in [-0.2, 0) is 4.74 Å². The van der Waals surface area contributed by atoms with Crippen molar-refractivity contribution in [3.05, 3.63) is 29.6 Å². The van der Waals surface area contributed by atoms with Crippen molar-refractivity contribution in [2.24, 2.45) is 0 Å². The molecule has 0 saturated carbocycles. The Hall–Kier alpha value is -1.62. The minimum Gasteiger partial charge on any atom is -0.465 e. The van der Waals surface area contributed by atoms with Crippen molar-refractivity contribution in [1.29, 1.82) is 0 Å². The Labute approximate surface area is 118 Å². The molecule has 1 aromatic rings. The summed E-state index contributed by atoms with van der Waals surface area (Å²) in [7, 11) is 1.26. The average molecular weight is 278 g/mol. The van der Waals surface area contributed by atoms with Crippen molar-refractivity contribution in [2.75, 3.05) is 38.2 Å². The van der Waals surface area contributed by atoms with E-state index in [0.29, 0.717) is 6.04 Å². The van der Waals surface area contributed by atoms with Crippen molar-refractivity contribution in [2.45, 2.75) is 18.9 Å². The number of carbonyl (C=O) groups excluding carboxylic acids is 1. The number of methoxy groups -OCH3 is 1. The fraction of sp³-hybridized carbons (Fsp3) is 0.533. The van der Waals surface area contributed by atoms with E-state index in [1.807, 2.05) is 0 Å². The normalized spacial score (nSPS) is 22.7. The summed E-state index contributed by atoms with van der Waals surface area (Å²) in [6.45, 7) is 4.07. The van der Waals surface area contributed by atoms with Crippen molar-refractivity contribution in [3.63, 3.8) is 0 Å². The van der Waals surface area contributed by atoms with Crippen molar-refractivity contribution >= 4 is 11.7 Å². The molecule has 2 aliphatic heterocycles. The number of ether oxygens (including phenoxy) is 1. The molecule has 0 unspecified atom stereocenters. The first-order valence-corrected chi connectivity index (χ1v) is 7.06. The van der Waals surface area contributed by atoms with E-state index in [0.717, 1.165) is 25.3 Å². The van der Waals surface area contributed by atoms with E-state index in [1.54, 1.807) is 6.07 Å². The first-order valence-electron chi connectivity index (χ1n) is 7.06. The lowest BCUT2D eigenvalue weighted by Gasteiger charge is -2.38. The highest BCUT2D eigenvalue weighted by molar-refractivity contribution is 5.90. The summed E-state index contributed by atoms with van der Waals surface area (Å²) >= 11 is 0. The van der Waals surface area contributed by atoms with Gasteiger partial charge in [-0.1, -0.05) is 0 Å². The zero-order valence-corrected chi connectivity index (χ0v) is 11.6. The number of rotatable bonds is 2. The predicted octanol–water partition coefficient (Wildman–Crippen LogP) is 1.90. The van der Waals surface area contributed by atoms with Gasteiger partial charge >= 0.3 is 5.97 Å². The van der Waals surface area contributed by atoms with Crippen molar-refractivity contribution in [1.82, 2.24) is 4.90 Å². The molecule has 1 aromatic carbocycles. The van der Waals surface area contributed by atoms with E-state index in [-0.39, 0.29) is 5.56 Å². The molecule has 0 amide bonds. The summed E-state index contributed by atoms with van der Waals surface area (Å²) < 4.78 is 18.5. The Morgan fingerprint density at radius 1 is 1.35 bits per heavy atom. The van der Waals surface area contributed by atoms with Crippen LogP contribution in [0.25, 0.3) is 0 Å². The molecule has 0 aromatic heterocycles. The van der Waals surface area contributed by atoms with Gasteiger partial charge in [-0.25, -0.2) is 9.18 Å².